The number of hydrogen-bond donors (Lipinski definition) is 2. The predicted octanol–water partition coefficient (Wildman–Crippen LogP) is 1.81. The quantitative estimate of drug-likeness (QED) is 0.344. The molecule has 134 valence electrons. The Morgan fingerprint density at radius 1 is 1.42 bits per heavy atom. The van der Waals surface area contributed by atoms with Crippen molar-refractivity contribution in [1.29, 1.82) is 0 Å². The highest BCUT2D eigenvalue weighted by molar-refractivity contribution is 5.85. The summed E-state index contributed by atoms with van der Waals surface area (Å²) in [6, 6.07) is 0. The van der Waals surface area contributed by atoms with Crippen LogP contribution in [0.1, 0.15) is 39.5 Å². The van der Waals surface area contributed by atoms with Crippen LogP contribution in [0.25, 0.3) is 0 Å². The van der Waals surface area contributed by atoms with Gasteiger partial charge < -0.3 is 19.7 Å². The highest BCUT2D eigenvalue weighted by Crippen LogP contribution is 2.17. The maximum atomic E-state index is 12.3. The molecule has 1 heterocycles. The zero-order valence-corrected chi connectivity index (χ0v) is 14.1. The molecule has 0 saturated carbocycles. The molecule has 0 fully saturated rings. The molecule has 0 aromatic rings. The molecule has 1 aliphatic rings. The Kier molecular flexibility index (Phi) is 9.04. The van der Waals surface area contributed by atoms with Crippen molar-refractivity contribution < 1.29 is 29.3 Å². The lowest BCUT2D eigenvalue weighted by Crippen LogP contribution is -2.42. The summed E-state index contributed by atoms with van der Waals surface area (Å²) in [6.45, 7) is 3.69. The molecule has 0 aromatic heterocycles. The fourth-order valence-electron chi connectivity index (χ4n) is 2.28. The first-order valence-electron chi connectivity index (χ1n) is 8.22. The Morgan fingerprint density at radius 2 is 2.17 bits per heavy atom. The third-order valence-corrected chi connectivity index (χ3v) is 3.56. The van der Waals surface area contributed by atoms with E-state index < -0.39 is 36.4 Å². The van der Waals surface area contributed by atoms with Gasteiger partial charge in [-0.3, -0.25) is 0 Å². The topological polar surface area (TPSA) is 93.1 Å². The summed E-state index contributed by atoms with van der Waals surface area (Å²) >= 11 is 0. The number of esters is 2. The molecule has 0 aromatic carbocycles. The second kappa shape index (κ2) is 10.8. The van der Waals surface area contributed by atoms with Crippen molar-refractivity contribution in [2.45, 2.75) is 63.9 Å². The van der Waals surface area contributed by atoms with Crippen LogP contribution in [0.2, 0.25) is 0 Å². The molecule has 6 heteroatoms. The minimum Gasteiger partial charge on any atom is -0.457 e. The Labute approximate surface area is 142 Å². The normalized spacial score (nSPS) is 30.2. The second-order valence-corrected chi connectivity index (χ2v) is 5.56. The number of hydrogen-bond acceptors (Lipinski definition) is 6. The largest absolute Gasteiger partial charge is 0.457 e. The van der Waals surface area contributed by atoms with Crippen LogP contribution in [-0.2, 0) is 19.1 Å². The standard InChI is InChI=1S/C18H26O6/c1-3-5-6-12-16(20)23-15-11-8-7-10-13(19)17(21)14(9-4-2)24-18(15)22/h3,5-7,10,12-15,17,19,21H,4,8-9,11H2,1-2H3/b5-3+,10-7+,12-6+/t13-,14-,15+,17+/m0/s1. The molecule has 0 aliphatic carbocycles. The van der Waals surface area contributed by atoms with Crippen LogP contribution in [0.5, 0.6) is 0 Å². The highest BCUT2D eigenvalue weighted by Gasteiger charge is 2.32. The van der Waals surface area contributed by atoms with Gasteiger partial charge in [-0.25, -0.2) is 9.59 Å². The van der Waals surface area contributed by atoms with Gasteiger partial charge in [0.05, 0.1) is 0 Å². The van der Waals surface area contributed by atoms with E-state index in [0.29, 0.717) is 19.3 Å². The molecule has 0 amide bonds. The van der Waals surface area contributed by atoms with Crippen molar-refractivity contribution in [2.24, 2.45) is 0 Å². The number of carbonyl (C=O) groups excluding carboxylic acids is 2. The zero-order chi connectivity index (χ0) is 17.9. The number of carbonyl (C=O) groups is 2. The van der Waals surface area contributed by atoms with Crippen molar-refractivity contribution in [1.82, 2.24) is 0 Å². The lowest BCUT2D eigenvalue weighted by atomic mass is 10.0. The van der Waals surface area contributed by atoms with Crippen LogP contribution in [0.3, 0.4) is 0 Å². The van der Waals surface area contributed by atoms with Gasteiger partial charge in [0.2, 0.25) is 0 Å². The summed E-state index contributed by atoms with van der Waals surface area (Å²) in [7, 11) is 0. The van der Waals surface area contributed by atoms with Gasteiger partial charge in [-0.05, 0) is 26.2 Å². The van der Waals surface area contributed by atoms with Crippen molar-refractivity contribution in [3.8, 4) is 0 Å². The van der Waals surface area contributed by atoms with Crippen molar-refractivity contribution in [2.75, 3.05) is 0 Å². The van der Waals surface area contributed by atoms with Crippen LogP contribution in [-0.4, -0.2) is 46.6 Å². The van der Waals surface area contributed by atoms with Gasteiger partial charge in [-0.1, -0.05) is 43.7 Å². The first-order valence-corrected chi connectivity index (χ1v) is 8.22. The van der Waals surface area contributed by atoms with Crippen LogP contribution in [0.4, 0.5) is 0 Å². The van der Waals surface area contributed by atoms with Crippen molar-refractivity contribution in [3.05, 3.63) is 36.5 Å². The Balaban J connectivity index is 2.84. The fraction of sp³-hybridized carbons (Fsp3) is 0.556. The number of aliphatic hydroxyl groups excluding tert-OH is 2. The summed E-state index contributed by atoms with van der Waals surface area (Å²) in [5.74, 6) is -1.34. The van der Waals surface area contributed by atoms with E-state index in [1.807, 2.05) is 13.8 Å². The molecule has 2 N–H and O–H groups in total. The third-order valence-electron chi connectivity index (χ3n) is 3.56. The first-order chi connectivity index (χ1) is 11.5. The molecule has 1 rings (SSSR count). The Bertz CT molecular complexity index is 494. The molecule has 0 unspecified atom stereocenters. The molecule has 24 heavy (non-hydrogen) atoms. The minimum absolute atomic E-state index is 0.250. The van der Waals surface area contributed by atoms with E-state index in [2.05, 4.69) is 0 Å². The lowest BCUT2D eigenvalue weighted by molar-refractivity contribution is -0.176. The monoisotopic (exact) mass is 338 g/mol. The summed E-state index contributed by atoms with van der Waals surface area (Å²) in [5, 5.41) is 20.0. The maximum absolute atomic E-state index is 12.3. The van der Waals surface area contributed by atoms with Gasteiger partial charge in [0.15, 0.2) is 6.10 Å². The summed E-state index contributed by atoms with van der Waals surface area (Å²) in [6.07, 6.45) is 6.83. The van der Waals surface area contributed by atoms with Gasteiger partial charge >= 0.3 is 11.9 Å². The predicted molar refractivity (Wildman–Crippen MR) is 89.0 cm³/mol. The molecule has 6 nitrogen and oxygen atoms in total. The highest BCUT2D eigenvalue weighted by atomic mass is 16.6. The molecule has 0 spiro atoms. The van der Waals surface area contributed by atoms with E-state index in [1.165, 1.54) is 18.2 Å². The number of ether oxygens (including phenoxy) is 2. The van der Waals surface area contributed by atoms with Crippen molar-refractivity contribution in [3.63, 3.8) is 0 Å². The third kappa shape index (κ3) is 6.68. The Morgan fingerprint density at radius 3 is 2.83 bits per heavy atom. The van der Waals surface area contributed by atoms with E-state index in [0.717, 1.165) is 0 Å². The van der Waals surface area contributed by atoms with Gasteiger partial charge in [0, 0.05) is 6.08 Å². The van der Waals surface area contributed by atoms with Gasteiger partial charge in [0.1, 0.15) is 18.3 Å². The zero-order valence-electron chi connectivity index (χ0n) is 14.1. The molecular formula is C18H26O6. The van der Waals surface area contributed by atoms with E-state index in [-0.39, 0.29) is 6.42 Å². The molecule has 0 bridgehead atoms. The molecular weight excluding hydrogens is 312 g/mol. The van der Waals surface area contributed by atoms with Crippen LogP contribution >= 0.6 is 0 Å². The Hall–Kier alpha value is -1.92. The molecule has 0 saturated heterocycles. The fourth-order valence-corrected chi connectivity index (χ4v) is 2.28. The molecule has 0 radical (unpaired) electrons. The average Bonchev–Trinajstić information content (AvgIpc) is 2.55. The SMILES string of the molecule is C/C=C/C=C/C(=O)O[C@@H]1CC/C=C/[C@H](O)[C@@H](O)[C@H](CCC)OC1=O. The number of aliphatic hydroxyl groups is 2. The first kappa shape index (κ1) is 20.1. The number of rotatable bonds is 5. The van der Waals surface area contributed by atoms with E-state index in [4.69, 9.17) is 9.47 Å². The summed E-state index contributed by atoms with van der Waals surface area (Å²) in [5.41, 5.74) is 0. The van der Waals surface area contributed by atoms with E-state index in [1.54, 1.807) is 18.2 Å². The summed E-state index contributed by atoms with van der Waals surface area (Å²) in [4.78, 5) is 24.0. The molecule has 4 atom stereocenters. The van der Waals surface area contributed by atoms with E-state index in [9.17, 15) is 19.8 Å². The van der Waals surface area contributed by atoms with Gasteiger partial charge in [0.25, 0.3) is 0 Å². The summed E-state index contributed by atoms with van der Waals surface area (Å²) < 4.78 is 10.4. The van der Waals surface area contributed by atoms with Gasteiger partial charge in [-0.2, -0.15) is 0 Å². The van der Waals surface area contributed by atoms with Crippen LogP contribution in [0, 0.1) is 0 Å². The average molecular weight is 338 g/mol. The second-order valence-electron chi connectivity index (χ2n) is 5.56. The van der Waals surface area contributed by atoms with Gasteiger partial charge in [-0.15, -0.1) is 0 Å². The molecule has 1 aliphatic heterocycles. The van der Waals surface area contributed by atoms with Crippen LogP contribution in [0.15, 0.2) is 36.5 Å². The number of allylic oxidation sites excluding steroid dienone is 4. The number of cyclic esters (lactones) is 1. The van der Waals surface area contributed by atoms with E-state index >= 15 is 0 Å². The smallest absolute Gasteiger partial charge is 0.347 e. The minimum atomic E-state index is -1.21. The van der Waals surface area contributed by atoms with Crippen LogP contribution < -0.4 is 0 Å². The maximum Gasteiger partial charge on any atom is 0.347 e. The lowest BCUT2D eigenvalue weighted by Gasteiger charge is -2.27. The van der Waals surface area contributed by atoms with Crippen molar-refractivity contribution >= 4 is 11.9 Å².